The number of aromatic nitrogens is 2. The SMILES string of the molecule is O=S(=O)(CCCCl)NCc1ccc(-c2ccn[nH]2)cc1. The van der Waals surface area contributed by atoms with Crippen molar-refractivity contribution in [2.75, 3.05) is 11.6 Å². The summed E-state index contributed by atoms with van der Waals surface area (Å²) in [5, 5.41) is 6.77. The second-order valence-corrected chi connectivity index (χ2v) is 6.65. The second-order valence-electron chi connectivity index (χ2n) is 4.35. The highest BCUT2D eigenvalue weighted by Gasteiger charge is 2.09. The highest BCUT2D eigenvalue weighted by atomic mass is 35.5. The van der Waals surface area contributed by atoms with Crippen LogP contribution in [0.2, 0.25) is 0 Å². The Morgan fingerprint density at radius 3 is 2.55 bits per heavy atom. The Morgan fingerprint density at radius 2 is 1.95 bits per heavy atom. The standard InChI is InChI=1S/C13H16ClN3O2S/c14-7-1-9-20(18,19)16-10-11-2-4-12(5-3-11)13-6-8-15-17-13/h2-6,8,16H,1,7,9-10H2,(H,15,17). The van der Waals surface area contributed by atoms with Crippen molar-refractivity contribution in [3.05, 3.63) is 42.1 Å². The third-order valence-electron chi connectivity index (χ3n) is 2.81. The van der Waals surface area contributed by atoms with Crippen LogP contribution in [0.15, 0.2) is 36.5 Å². The maximum absolute atomic E-state index is 11.6. The van der Waals surface area contributed by atoms with Crippen LogP contribution in [0.3, 0.4) is 0 Å². The second kappa shape index (κ2) is 6.88. The molecule has 0 fully saturated rings. The molecule has 0 saturated heterocycles. The van der Waals surface area contributed by atoms with Crippen LogP contribution in [0.5, 0.6) is 0 Å². The molecule has 20 heavy (non-hydrogen) atoms. The van der Waals surface area contributed by atoms with Crippen LogP contribution in [-0.4, -0.2) is 30.2 Å². The van der Waals surface area contributed by atoms with Crippen LogP contribution in [0.4, 0.5) is 0 Å². The highest BCUT2D eigenvalue weighted by molar-refractivity contribution is 7.89. The smallest absolute Gasteiger partial charge is 0.211 e. The maximum Gasteiger partial charge on any atom is 0.211 e. The van der Waals surface area contributed by atoms with E-state index in [9.17, 15) is 8.42 Å². The number of nitrogens with zero attached hydrogens (tertiary/aromatic N) is 1. The van der Waals surface area contributed by atoms with Gasteiger partial charge in [-0.05, 0) is 23.6 Å². The lowest BCUT2D eigenvalue weighted by molar-refractivity contribution is 0.580. The van der Waals surface area contributed by atoms with Gasteiger partial charge in [0.15, 0.2) is 0 Å². The van der Waals surface area contributed by atoms with E-state index in [0.29, 0.717) is 12.3 Å². The van der Waals surface area contributed by atoms with Gasteiger partial charge >= 0.3 is 0 Å². The molecule has 2 N–H and O–H groups in total. The molecule has 0 bridgehead atoms. The Hall–Kier alpha value is -1.37. The molecule has 0 unspecified atom stereocenters. The molecule has 0 radical (unpaired) electrons. The molecule has 2 aromatic rings. The minimum Gasteiger partial charge on any atom is -0.278 e. The minimum atomic E-state index is -3.25. The summed E-state index contributed by atoms with van der Waals surface area (Å²) in [6.07, 6.45) is 2.14. The van der Waals surface area contributed by atoms with E-state index in [1.807, 2.05) is 30.3 Å². The maximum atomic E-state index is 11.6. The van der Waals surface area contributed by atoms with E-state index in [0.717, 1.165) is 16.8 Å². The number of aromatic amines is 1. The minimum absolute atomic E-state index is 0.0583. The lowest BCUT2D eigenvalue weighted by atomic mass is 10.1. The topological polar surface area (TPSA) is 74.8 Å². The summed E-state index contributed by atoms with van der Waals surface area (Å²) in [7, 11) is -3.25. The van der Waals surface area contributed by atoms with E-state index in [1.165, 1.54) is 0 Å². The zero-order chi connectivity index (χ0) is 14.4. The van der Waals surface area contributed by atoms with Crippen molar-refractivity contribution in [3.8, 4) is 11.3 Å². The molecule has 0 atom stereocenters. The fourth-order valence-corrected chi connectivity index (χ4v) is 3.08. The summed E-state index contributed by atoms with van der Waals surface area (Å²) in [5.74, 6) is 0.405. The number of hydrogen-bond donors (Lipinski definition) is 2. The number of sulfonamides is 1. The van der Waals surface area contributed by atoms with Crippen LogP contribution in [0.1, 0.15) is 12.0 Å². The third kappa shape index (κ3) is 4.33. The van der Waals surface area contributed by atoms with Gasteiger partial charge in [0, 0.05) is 18.6 Å². The Balaban J connectivity index is 1.94. The van der Waals surface area contributed by atoms with Gasteiger partial charge in [0.1, 0.15) is 0 Å². The summed E-state index contributed by atoms with van der Waals surface area (Å²) < 4.78 is 25.8. The summed E-state index contributed by atoms with van der Waals surface area (Å²) >= 11 is 5.49. The number of rotatable bonds is 7. The fourth-order valence-electron chi connectivity index (χ4n) is 1.73. The molecule has 0 aliphatic rings. The van der Waals surface area contributed by atoms with Gasteiger partial charge in [-0.1, -0.05) is 24.3 Å². The normalized spacial score (nSPS) is 11.7. The van der Waals surface area contributed by atoms with Crippen molar-refractivity contribution in [2.45, 2.75) is 13.0 Å². The van der Waals surface area contributed by atoms with Crippen LogP contribution < -0.4 is 4.72 Å². The van der Waals surface area contributed by atoms with Crippen molar-refractivity contribution >= 4 is 21.6 Å². The molecule has 0 aliphatic carbocycles. The van der Waals surface area contributed by atoms with Gasteiger partial charge in [0.05, 0.1) is 11.4 Å². The first-order valence-electron chi connectivity index (χ1n) is 6.23. The molecule has 108 valence electrons. The number of alkyl halides is 1. The summed E-state index contributed by atoms with van der Waals surface area (Å²) in [4.78, 5) is 0. The molecule has 5 nitrogen and oxygen atoms in total. The van der Waals surface area contributed by atoms with E-state index in [1.54, 1.807) is 6.20 Å². The molecule has 1 heterocycles. The molecule has 0 aliphatic heterocycles. The molecule has 1 aromatic carbocycles. The average Bonchev–Trinajstić information content (AvgIpc) is 2.98. The van der Waals surface area contributed by atoms with E-state index in [-0.39, 0.29) is 12.3 Å². The van der Waals surface area contributed by atoms with Gasteiger partial charge in [-0.15, -0.1) is 11.6 Å². The number of halogens is 1. The number of H-pyrrole nitrogens is 1. The van der Waals surface area contributed by atoms with Gasteiger partial charge < -0.3 is 0 Å². The Morgan fingerprint density at radius 1 is 1.20 bits per heavy atom. The third-order valence-corrected chi connectivity index (χ3v) is 4.49. The molecule has 2 rings (SSSR count). The summed E-state index contributed by atoms with van der Waals surface area (Å²) in [5.41, 5.74) is 2.85. The van der Waals surface area contributed by atoms with Gasteiger partial charge in [-0.2, -0.15) is 5.10 Å². The highest BCUT2D eigenvalue weighted by Crippen LogP contribution is 2.16. The van der Waals surface area contributed by atoms with Crippen molar-refractivity contribution in [1.29, 1.82) is 0 Å². The molecule has 7 heteroatoms. The van der Waals surface area contributed by atoms with Crippen molar-refractivity contribution in [2.24, 2.45) is 0 Å². The first-order chi connectivity index (χ1) is 9.61. The molecular weight excluding hydrogens is 298 g/mol. The Kier molecular flexibility index (Phi) is 5.17. The van der Waals surface area contributed by atoms with E-state index in [2.05, 4.69) is 14.9 Å². The molecule has 1 aromatic heterocycles. The molecule has 0 amide bonds. The number of hydrogen-bond acceptors (Lipinski definition) is 3. The Bertz CT molecular complexity index is 624. The average molecular weight is 314 g/mol. The molecule has 0 saturated carbocycles. The van der Waals surface area contributed by atoms with Gasteiger partial charge in [0.25, 0.3) is 0 Å². The van der Waals surface area contributed by atoms with Crippen LogP contribution in [-0.2, 0) is 16.6 Å². The van der Waals surface area contributed by atoms with Gasteiger partial charge in [-0.25, -0.2) is 13.1 Å². The van der Waals surface area contributed by atoms with E-state index < -0.39 is 10.0 Å². The predicted octanol–water partition coefficient (Wildman–Crippen LogP) is 2.12. The van der Waals surface area contributed by atoms with Crippen LogP contribution in [0, 0.1) is 0 Å². The van der Waals surface area contributed by atoms with E-state index >= 15 is 0 Å². The quantitative estimate of drug-likeness (QED) is 0.769. The Labute approximate surface area is 123 Å². The molecular formula is C13H16ClN3O2S. The van der Waals surface area contributed by atoms with Gasteiger partial charge in [-0.3, -0.25) is 5.10 Å². The van der Waals surface area contributed by atoms with Crippen LogP contribution >= 0.6 is 11.6 Å². The largest absolute Gasteiger partial charge is 0.278 e. The fraction of sp³-hybridized carbons (Fsp3) is 0.308. The lowest BCUT2D eigenvalue weighted by Crippen LogP contribution is -2.26. The van der Waals surface area contributed by atoms with Crippen molar-refractivity contribution in [3.63, 3.8) is 0 Å². The van der Waals surface area contributed by atoms with Crippen molar-refractivity contribution in [1.82, 2.24) is 14.9 Å². The summed E-state index contributed by atoms with van der Waals surface area (Å²) in [6.45, 7) is 0.286. The van der Waals surface area contributed by atoms with Crippen LogP contribution in [0.25, 0.3) is 11.3 Å². The number of nitrogens with one attached hydrogen (secondary N) is 2. The zero-order valence-electron chi connectivity index (χ0n) is 10.8. The summed E-state index contributed by atoms with van der Waals surface area (Å²) in [6, 6.07) is 9.51. The lowest BCUT2D eigenvalue weighted by Gasteiger charge is -2.06. The molecule has 0 spiro atoms. The monoisotopic (exact) mass is 313 g/mol. The zero-order valence-corrected chi connectivity index (χ0v) is 12.4. The van der Waals surface area contributed by atoms with Crippen molar-refractivity contribution < 1.29 is 8.42 Å². The predicted molar refractivity (Wildman–Crippen MR) is 80.0 cm³/mol. The number of benzene rings is 1. The first kappa shape index (κ1) is 15.0. The van der Waals surface area contributed by atoms with E-state index in [4.69, 9.17) is 11.6 Å². The van der Waals surface area contributed by atoms with Gasteiger partial charge in [0.2, 0.25) is 10.0 Å². The first-order valence-corrected chi connectivity index (χ1v) is 8.41.